The molecule has 0 aliphatic carbocycles. The van der Waals surface area contributed by atoms with Gasteiger partial charge in [-0.2, -0.15) is 0 Å². The summed E-state index contributed by atoms with van der Waals surface area (Å²) in [6.45, 7) is 7.91. The van der Waals surface area contributed by atoms with Crippen LogP contribution in [0.2, 0.25) is 0 Å². The van der Waals surface area contributed by atoms with Crippen molar-refractivity contribution in [3.63, 3.8) is 0 Å². The van der Waals surface area contributed by atoms with Crippen molar-refractivity contribution in [1.29, 1.82) is 0 Å². The molecule has 0 saturated carbocycles. The zero-order chi connectivity index (χ0) is 14.9. The third-order valence-electron chi connectivity index (χ3n) is 2.76. The van der Waals surface area contributed by atoms with Crippen molar-refractivity contribution in [2.24, 2.45) is 0 Å². The molecule has 0 fully saturated rings. The zero-order valence-electron chi connectivity index (χ0n) is 12.9. The molecule has 0 heterocycles. The normalized spacial score (nSPS) is 12.4. The maximum atomic E-state index is 11.2. The lowest BCUT2D eigenvalue weighted by atomic mass is 10.4. The van der Waals surface area contributed by atoms with Crippen molar-refractivity contribution >= 4 is 27.2 Å². The van der Waals surface area contributed by atoms with E-state index >= 15 is 0 Å². The molecule has 20 heavy (non-hydrogen) atoms. The Morgan fingerprint density at radius 1 is 1.25 bits per heavy atom. The van der Waals surface area contributed by atoms with Crippen molar-refractivity contribution in [1.82, 2.24) is 5.32 Å². The number of rotatable bonds is 10. The Labute approximate surface area is 128 Å². The lowest BCUT2D eigenvalue weighted by Crippen LogP contribution is -2.60. The van der Waals surface area contributed by atoms with Gasteiger partial charge in [0, 0.05) is 33.4 Å². The van der Waals surface area contributed by atoms with Gasteiger partial charge >= 0.3 is 14.8 Å². The van der Waals surface area contributed by atoms with E-state index in [0.717, 1.165) is 6.42 Å². The highest BCUT2D eigenvalue weighted by Gasteiger charge is 2.46. The summed E-state index contributed by atoms with van der Waals surface area (Å²) >= 11 is 0. The van der Waals surface area contributed by atoms with Crippen LogP contribution in [0.15, 0.2) is 12.2 Å². The van der Waals surface area contributed by atoms with Crippen molar-refractivity contribution in [2.45, 2.75) is 25.9 Å². The van der Waals surface area contributed by atoms with Crippen molar-refractivity contribution < 1.29 is 22.8 Å². The number of nitrogens with one attached hydrogen (secondary N) is 1. The molecule has 8 heteroatoms. The Kier molecular flexibility index (Phi) is 12.3. The third-order valence-corrected chi connectivity index (χ3v) is 5.94. The summed E-state index contributed by atoms with van der Waals surface area (Å²) in [7, 11) is 2.01. The highest BCUT2D eigenvalue weighted by atomic mass is 35.5. The molecule has 1 unspecified atom stereocenters. The SMILES string of the molecule is C=C(C)C(=O)OCCNC(CC)[Si](OC)(OC)OC.Cl. The second-order valence-electron chi connectivity index (χ2n) is 4.05. The summed E-state index contributed by atoms with van der Waals surface area (Å²) < 4.78 is 21.3. The summed E-state index contributed by atoms with van der Waals surface area (Å²) in [6.07, 6.45) is 0.788. The van der Waals surface area contributed by atoms with Crippen LogP contribution in [0.25, 0.3) is 0 Å². The fourth-order valence-electron chi connectivity index (χ4n) is 1.70. The molecule has 0 aliphatic heterocycles. The maximum absolute atomic E-state index is 11.2. The summed E-state index contributed by atoms with van der Waals surface area (Å²) in [5.41, 5.74) is 0.345. The maximum Gasteiger partial charge on any atom is 0.517 e. The van der Waals surface area contributed by atoms with Crippen molar-refractivity contribution in [2.75, 3.05) is 34.5 Å². The number of hydrogen-bond acceptors (Lipinski definition) is 6. The Hall–Kier alpha value is -0.443. The molecule has 0 aliphatic rings. The molecule has 0 bridgehead atoms. The van der Waals surface area contributed by atoms with Gasteiger partial charge < -0.3 is 23.3 Å². The first-order valence-corrected chi connectivity index (χ1v) is 7.99. The number of halogens is 1. The average Bonchev–Trinajstić information content (AvgIpc) is 2.42. The van der Waals surface area contributed by atoms with Gasteiger partial charge in [-0.25, -0.2) is 4.79 Å². The molecule has 0 rings (SSSR count). The predicted molar refractivity (Wildman–Crippen MR) is 81.9 cm³/mol. The van der Waals surface area contributed by atoms with Gasteiger partial charge in [-0.3, -0.25) is 0 Å². The van der Waals surface area contributed by atoms with Gasteiger partial charge in [0.2, 0.25) is 0 Å². The van der Waals surface area contributed by atoms with E-state index in [-0.39, 0.29) is 30.6 Å². The minimum atomic E-state index is -2.71. The molecule has 0 amide bonds. The molecule has 120 valence electrons. The lowest BCUT2D eigenvalue weighted by Gasteiger charge is -2.32. The van der Waals surface area contributed by atoms with Gasteiger partial charge in [-0.1, -0.05) is 13.5 Å². The van der Waals surface area contributed by atoms with Gasteiger partial charge in [0.25, 0.3) is 0 Å². The number of esters is 1. The highest BCUT2D eigenvalue weighted by molar-refractivity contribution is 6.62. The van der Waals surface area contributed by atoms with Crippen LogP contribution in [-0.4, -0.2) is 54.9 Å². The molecular weight excluding hydrogens is 302 g/mol. The van der Waals surface area contributed by atoms with Crippen LogP contribution >= 0.6 is 12.4 Å². The van der Waals surface area contributed by atoms with E-state index in [2.05, 4.69) is 11.9 Å². The molecule has 0 aromatic heterocycles. The van der Waals surface area contributed by atoms with E-state index in [1.807, 2.05) is 6.92 Å². The van der Waals surface area contributed by atoms with Gasteiger partial charge in [-0.15, -0.1) is 12.4 Å². The first-order valence-electron chi connectivity index (χ1n) is 6.18. The van der Waals surface area contributed by atoms with E-state index < -0.39 is 8.80 Å². The topological polar surface area (TPSA) is 66.0 Å². The lowest BCUT2D eigenvalue weighted by molar-refractivity contribution is -0.138. The van der Waals surface area contributed by atoms with E-state index in [1.54, 1.807) is 28.3 Å². The monoisotopic (exact) mass is 327 g/mol. The summed E-state index contributed by atoms with van der Waals surface area (Å²) in [6, 6.07) is 0. The second kappa shape index (κ2) is 11.2. The quantitative estimate of drug-likeness (QED) is 0.282. The predicted octanol–water partition coefficient (Wildman–Crippen LogP) is 1.31. The molecule has 6 nitrogen and oxygen atoms in total. The number of ether oxygens (including phenoxy) is 1. The summed E-state index contributed by atoms with van der Waals surface area (Å²) in [5, 5.41) is 3.24. The first-order chi connectivity index (χ1) is 8.97. The third kappa shape index (κ3) is 6.34. The average molecular weight is 328 g/mol. The van der Waals surface area contributed by atoms with Crippen LogP contribution in [-0.2, 0) is 22.8 Å². The van der Waals surface area contributed by atoms with E-state index in [1.165, 1.54) is 0 Å². The van der Waals surface area contributed by atoms with E-state index in [0.29, 0.717) is 12.1 Å². The Bertz CT molecular complexity index is 291. The molecule has 0 radical (unpaired) electrons. The van der Waals surface area contributed by atoms with Gasteiger partial charge in [-0.05, 0) is 13.3 Å². The standard InChI is InChI=1S/C12H25NO5Si.ClH/c1-7-11(19(15-4,16-5)17-6)13-8-9-18-12(14)10(2)3;/h11,13H,2,7-9H2,1,3-6H3;1H. The largest absolute Gasteiger partial charge is 0.517 e. The first kappa shape index (κ1) is 21.8. The summed E-state index contributed by atoms with van der Waals surface area (Å²) in [4.78, 5) is 11.2. The summed E-state index contributed by atoms with van der Waals surface area (Å²) in [5.74, 6) is -0.386. The second-order valence-corrected chi connectivity index (χ2v) is 7.18. The highest BCUT2D eigenvalue weighted by Crippen LogP contribution is 2.14. The smallest absolute Gasteiger partial charge is 0.461 e. The van der Waals surface area contributed by atoms with Crippen LogP contribution in [0.5, 0.6) is 0 Å². The Balaban J connectivity index is 0. The van der Waals surface area contributed by atoms with Gasteiger partial charge in [0.15, 0.2) is 0 Å². The van der Waals surface area contributed by atoms with Crippen molar-refractivity contribution in [3.8, 4) is 0 Å². The fraction of sp³-hybridized carbons (Fsp3) is 0.750. The molecule has 0 saturated heterocycles. The van der Waals surface area contributed by atoms with E-state index in [4.69, 9.17) is 18.0 Å². The van der Waals surface area contributed by atoms with Crippen LogP contribution in [0.4, 0.5) is 0 Å². The Morgan fingerprint density at radius 3 is 2.10 bits per heavy atom. The minimum absolute atomic E-state index is 0. The Morgan fingerprint density at radius 2 is 1.75 bits per heavy atom. The minimum Gasteiger partial charge on any atom is -0.461 e. The van der Waals surface area contributed by atoms with Crippen LogP contribution < -0.4 is 5.32 Å². The number of carbonyl (C=O) groups is 1. The fourth-order valence-corrected chi connectivity index (χ4v) is 3.94. The number of hydrogen-bond donors (Lipinski definition) is 1. The zero-order valence-corrected chi connectivity index (χ0v) is 14.7. The molecule has 0 aromatic rings. The van der Waals surface area contributed by atoms with E-state index in [9.17, 15) is 4.79 Å². The number of carbonyl (C=O) groups excluding carboxylic acids is 1. The van der Waals surface area contributed by atoms with Crippen LogP contribution in [0, 0.1) is 0 Å². The molecule has 1 atom stereocenters. The van der Waals surface area contributed by atoms with Crippen LogP contribution in [0.3, 0.4) is 0 Å². The molecule has 0 spiro atoms. The van der Waals surface area contributed by atoms with Gasteiger partial charge in [0.05, 0.1) is 5.67 Å². The van der Waals surface area contributed by atoms with Gasteiger partial charge in [0.1, 0.15) is 6.61 Å². The molecule has 1 N–H and O–H groups in total. The molecular formula is C12H26ClNO5Si. The van der Waals surface area contributed by atoms with Crippen LogP contribution in [0.1, 0.15) is 20.3 Å². The molecule has 0 aromatic carbocycles. The van der Waals surface area contributed by atoms with Crippen molar-refractivity contribution in [3.05, 3.63) is 12.2 Å².